The third-order valence-electron chi connectivity index (χ3n) is 5.86. The van der Waals surface area contributed by atoms with E-state index in [1.54, 1.807) is 48.6 Å². The maximum Gasteiger partial charge on any atom is 0.323 e. The lowest BCUT2D eigenvalue weighted by atomic mass is 9.75. The van der Waals surface area contributed by atoms with E-state index in [4.69, 9.17) is 16.2 Å². The van der Waals surface area contributed by atoms with Gasteiger partial charge in [0.05, 0.1) is 11.1 Å². The number of rotatable bonds is 4. The molecule has 4 unspecified atom stereocenters. The summed E-state index contributed by atoms with van der Waals surface area (Å²) in [5, 5.41) is 0. The van der Waals surface area contributed by atoms with E-state index in [-0.39, 0.29) is 0 Å². The lowest BCUT2D eigenvalue weighted by Crippen LogP contribution is -2.50. The third kappa shape index (κ3) is 3.81. The first kappa shape index (κ1) is 20.7. The fourth-order valence-electron chi connectivity index (χ4n) is 4.08. The molecule has 0 aromatic heterocycles. The van der Waals surface area contributed by atoms with Crippen LogP contribution < -0.4 is 11.5 Å². The molecular formula is C26H24N2O3. The van der Waals surface area contributed by atoms with Gasteiger partial charge in [-0.2, -0.15) is 0 Å². The predicted molar refractivity (Wildman–Crippen MR) is 119 cm³/mol. The Labute approximate surface area is 181 Å². The largest absolute Gasteiger partial charge is 0.392 e. The fraction of sp³-hybridized carbons (Fsp3) is 0.154. The molecule has 4 N–H and O–H groups in total. The van der Waals surface area contributed by atoms with Crippen LogP contribution in [0.5, 0.6) is 0 Å². The van der Waals surface area contributed by atoms with Crippen molar-refractivity contribution < 1.29 is 14.3 Å². The van der Waals surface area contributed by atoms with E-state index in [1.807, 2.05) is 60.7 Å². The SMILES string of the molecule is NC1(c2ccccc2)C=CC=CC1C(=O)OC(=O)C1C=CC=CC1(N)c1ccccc1. The van der Waals surface area contributed by atoms with Gasteiger partial charge in [-0.3, -0.25) is 9.59 Å². The van der Waals surface area contributed by atoms with E-state index in [0.717, 1.165) is 11.1 Å². The lowest BCUT2D eigenvalue weighted by Gasteiger charge is -2.36. The summed E-state index contributed by atoms with van der Waals surface area (Å²) in [5.41, 5.74) is 12.5. The van der Waals surface area contributed by atoms with Crippen LogP contribution in [0.1, 0.15) is 11.1 Å². The van der Waals surface area contributed by atoms with Gasteiger partial charge in [0.2, 0.25) is 0 Å². The van der Waals surface area contributed by atoms with Gasteiger partial charge in [-0.25, -0.2) is 0 Å². The Hall–Kier alpha value is -3.54. The highest BCUT2D eigenvalue weighted by molar-refractivity contribution is 5.92. The second kappa shape index (κ2) is 8.30. The van der Waals surface area contributed by atoms with Gasteiger partial charge in [-0.15, -0.1) is 0 Å². The van der Waals surface area contributed by atoms with Crippen molar-refractivity contribution in [2.75, 3.05) is 0 Å². The Balaban J connectivity index is 1.58. The molecular weight excluding hydrogens is 388 g/mol. The molecule has 0 heterocycles. The van der Waals surface area contributed by atoms with Crippen LogP contribution in [0, 0.1) is 11.8 Å². The van der Waals surface area contributed by atoms with Crippen LogP contribution in [-0.4, -0.2) is 11.9 Å². The molecule has 4 atom stereocenters. The normalized spacial score (nSPS) is 29.0. The molecule has 5 heteroatoms. The monoisotopic (exact) mass is 412 g/mol. The molecule has 0 saturated heterocycles. The Morgan fingerprint density at radius 1 is 0.645 bits per heavy atom. The summed E-state index contributed by atoms with van der Waals surface area (Å²) >= 11 is 0. The minimum Gasteiger partial charge on any atom is -0.392 e. The molecule has 0 fully saturated rings. The molecule has 2 aromatic rings. The summed E-state index contributed by atoms with van der Waals surface area (Å²) in [5.74, 6) is -3.13. The van der Waals surface area contributed by atoms with Gasteiger partial charge >= 0.3 is 11.9 Å². The zero-order chi connectivity index (χ0) is 21.9. The molecule has 0 amide bonds. The summed E-state index contributed by atoms with van der Waals surface area (Å²) < 4.78 is 5.36. The van der Waals surface area contributed by atoms with Crippen molar-refractivity contribution in [1.82, 2.24) is 0 Å². The van der Waals surface area contributed by atoms with Crippen molar-refractivity contribution in [3.05, 3.63) is 120 Å². The number of carbonyl (C=O) groups excluding carboxylic acids is 2. The quantitative estimate of drug-likeness (QED) is 0.594. The number of hydrogen-bond donors (Lipinski definition) is 2. The average Bonchev–Trinajstić information content (AvgIpc) is 2.80. The maximum absolute atomic E-state index is 13.1. The van der Waals surface area contributed by atoms with Gasteiger partial charge in [0.25, 0.3) is 0 Å². The van der Waals surface area contributed by atoms with E-state index in [1.165, 1.54) is 0 Å². The number of carbonyl (C=O) groups is 2. The summed E-state index contributed by atoms with van der Waals surface area (Å²) in [6, 6.07) is 18.6. The maximum atomic E-state index is 13.1. The smallest absolute Gasteiger partial charge is 0.323 e. The third-order valence-corrected chi connectivity index (χ3v) is 5.86. The lowest BCUT2D eigenvalue weighted by molar-refractivity contribution is -0.165. The highest BCUT2D eigenvalue weighted by Gasteiger charge is 2.44. The van der Waals surface area contributed by atoms with E-state index < -0.39 is 34.9 Å². The van der Waals surface area contributed by atoms with Gasteiger partial charge in [-0.1, -0.05) is 109 Å². The molecule has 0 bridgehead atoms. The second-order valence-corrected chi connectivity index (χ2v) is 7.78. The number of allylic oxidation sites excluding steroid dienone is 4. The number of nitrogens with two attached hydrogens (primary N) is 2. The van der Waals surface area contributed by atoms with Crippen molar-refractivity contribution in [2.45, 2.75) is 11.1 Å². The molecule has 0 spiro atoms. The zero-order valence-electron chi connectivity index (χ0n) is 16.9. The van der Waals surface area contributed by atoms with Crippen LogP contribution in [0.4, 0.5) is 0 Å². The van der Waals surface area contributed by atoms with Gasteiger partial charge in [0.15, 0.2) is 0 Å². The standard InChI is InChI=1S/C26H24N2O3/c27-25(19-11-3-1-4-12-19)17-9-7-15-21(25)23(29)31-24(30)22-16-8-10-18-26(22,28)20-13-5-2-6-14-20/h1-18,21-22H,27-28H2. The Morgan fingerprint density at radius 2 is 1.03 bits per heavy atom. The Kier molecular flexibility index (Phi) is 5.55. The van der Waals surface area contributed by atoms with E-state index in [2.05, 4.69) is 0 Å². The molecule has 0 radical (unpaired) electrons. The Bertz CT molecular complexity index is 1000. The van der Waals surface area contributed by atoms with Crippen LogP contribution in [0.15, 0.2) is 109 Å². The zero-order valence-corrected chi connectivity index (χ0v) is 16.9. The van der Waals surface area contributed by atoms with Crippen molar-refractivity contribution >= 4 is 11.9 Å². The average molecular weight is 412 g/mol. The van der Waals surface area contributed by atoms with Crippen LogP contribution in [0.2, 0.25) is 0 Å². The number of esters is 2. The molecule has 0 saturated carbocycles. The molecule has 2 aromatic carbocycles. The molecule has 31 heavy (non-hydrogen) atoms. The van der Waals surface area contributed by atoms with Gasteiger partial charge in [0, 0.05) is 0 Å². The first-order valence-electron chi connectivity index (χ1n) is 10.1. The highest BCUT2D eigenvalue weighted by atomic mass is 16.6. The minimum absolute atomic E-state index is 0.713. The first-order chi connectivity index (χ1) is 14.9. The van der Waals surface area contributed by atoms with Gasteiger partial charge in [-0.05, 0) is 11.1 Å². The summed E-state index contributed by atoms with van der Waals surface area (Å²) in [4.78, 5) is 26.2. The van der Waals surface area contributed by atoms with Crippen molar-refractivity contribution in [1.29, 1.82) is 0 Å². The van der Waals surface area contributed by atoms with Crippen LogP contribution >= 0.6 is 0 Å². The van der Waals surface area contributed by atoms with Crippen LogP contribution in [0.25, 0.3) is 0 Å². The first-order valence-corrected chi connectivity index (χ1v) is 10.1. The van der Waals surface area contributed by atoms with E-state index in [9.17, 15) is 9.59 Å². The summed E-state index contributed by atoms with van der Waals surface area (Å²) in [7, 11) is 0. The van der Waals surface area contributed by atoms with Gasteiger partial charge in [0.1, 0.15) is 11.8 Å². The molecule has 0 aliphatic heterocycles. The molecule has 156 valence electrons. The summed E-state index contributed by atoms with van der Waals surface area (Å²) in [6.07, 6.45) is 13.8. The van der Waals surface area contributed by atoms with Gasteiger partial charge < -0.3 is 16.2 Å². The predicted octanol–water partition coefficient (Wildman–Crippen LogP) is 3.25. The van der Waals surface area contributed by atoms with Crippen LogP contribution in [0.3, 0.4) is 0 Å². The number of benzene rings is 2. The molecule has 5 nitrogen and oxygen atoms in total. The molecule has 4 rings (SSSR count). The summed E-state index contributed by atoms with van der Waals surface area (Å²) in [6.45, 7) is 0. The number of hydrogen-bond acceptors (Lipinski definition) is 5. The van der Waals surface area contributed by atoms with E-state index >= 15 is 0 Å². The second-order valence-electron chi connectivity index (χ2n) is 7.78. The van der Waals surface area contributed by atoms with E-state index in [0.29, 0.717) is 0 Å². The topological polar surface area (TPSA) is 95.4 Å². The fourth-order valence-corrected chi connectivity index (χ4v) is 4.08. The van der Waals surface area contributed by atoms with Crippen molar-refractivity contribution in [2.24, 2.45) is 23.3 Å². The number of ether oxygens (including phenoxy) is 1. The molecule has 2 aliphatic carbocycles. The molecule has 2 aliphatic rings. The van der Waals surface area contributed by atoms with Crippen LogP contribution in [-0.2, 0) is 25.4 Å². The Morgan fingerprint density at radius 3 is 1.42 bits per heavy atom. The van der Waals surface area contributed by atoms with Crippen molar-refractivity contribution in [3.8, 4) is 0 Å². The minimum atomic E-state index is -1.12. The van der Waals surface area contributed by atoms with Crippen molar-refractivity contribution in [3.63, 3.8) is 0 Å². The highest BCUT2D eigenvalue weighted by Crippen LogP contribution is 2.36.